The number of nitrogens with one attached hydrogen (secondary N) is 2. The first-order valence-corrected chi connectivity index (χ1v) is 7.57. The third-order valence-electron chi connectivity index (χ3n) is 3.41. The van der Waals surface area contributed by atoms with Gasteiger partial charge in [0.1, 0.15) is 0 Å². The van der Waals surface area contributed by atoms with Gasteiger partial charge in [0.05, 0.1) is 11.6 Å². The van der Waals surface area contributed by atoms with Crippen LogP contribution in [-0.2, 0) is 0 Å². The van der Waals surface area contributed by atoms with Crippen molar-refractivity contribution in [3.63, 3.8) is 0 Å². The van der Waals surface area contributed by atoms with E-state index >= 15 is 0 Å². The van der Waals surface area contributed by atoms with Crippen LogP contribution in [0.3, 0.4) is 0 Å². The summed E-state index contributed by atoms with van der Waals surface area (Å²) in [6.07, 6.45) is 0. The van der Waals surface area contributed by atoms with Crippen LogP contribution in [-0.4, -0.2) is 10.2 Å². The summed E-state index contributed by atoms with van der Waals surface area (Å²) in [6.45, 7) is 3.83. The number of hydrogen-bond donors (Lipinski definition) is 2. The predicted octanol–water partition coefficient (Wildman–Crippen LogP) is 4.70. The number of rotatable bonds is 4. The molecule has 0 radical (unpaired) electrons. The van der Waals surface area contributed by atoms with Gasteiger partial charge in [0.15, 0.2) is 0 Å². The second kappa shape index (κ2) is 6.60. The Morgan fingerprint density at radius 2 is 1.58 bits per heavy atom. The maximum absolute atomic E-state index is 9.00. The van der Waals surface area contributed by atoms with Crippen LogP contribution >= 0.6 is 11.6 Å². The van der Waals surface area contributed by atoms with Crippen molar-refractivity contribution in [3.05, 3.63) is 58.1 Å². The second-order valence-electron chi connectivity index (χ2n) is 5.27. The predicted molar refractivity (Wildman–Crippen MR) is 92.9 cm³/mol. The van der Waals surface area contributed by atoms with Crippen LogP contribution in [0.2, 0.25) is 5.02 Å². The molecule has 3 aromatic rings. The highest BCUT2D eigenvalue weighted by Gasteiger charge is 2.11. The van der Waals surface area contributed by atoms with Gasteiger partial charge in [0.2, 0.25) is 0 Å². The first-order valence-electron chi connectivity index (χ1n) is 7.19. The Hall–Kier alpha value is -3.04. The van der Waals surface area contributed by atoms with Gasteiger partial charge in [-0.1, -0.05) is 21.8 Å². The average molecular weight is 340 g/mol. The molecule has 0 fully saturated rings. The second-order valence-corrected chi connectivity index (χ2v) is 5.70. The lowest BCUT2D eigenvalue weighted by atomic mass is 10.1. The van der Waals surface area contributed by atoms with Crippen molar-refractivity contribution in [2.75, 3.05) is 10.6 Å². The fourth-order valence-electron chi connectivity index (χ4n) is 2.31. The minimum atomic E-state index is 0.266. The Morgan fingerprint density at radius 1 is 1.00 bits per heavy atom. The van der Waals surface area contributed by atoms with Gasteiger partial charge < -0.3 is 15.1 Å². The molecule has 0 amide bonds. The van der Waals surface area contributed by atoms with Gasteiger partial charge in [-0.15, -0.1) is 0 Å². The summed E-state index contributed by atoms with van der Waals surface area (Å²) in [6, 6.07) is 13.4. The molecule has 1 aromatic heterocycles. The summed E-state index contributed by atoms with van der Waals surface area (Å²) in [5.74, 6) is 0. The number of aromatic nitrogens is 2. The Balaban J connectivity index is 1.77. The van der Waals surface area contributed by atoms with Gasteiger partial charge in [-0.25, -0.2) is 0 Å². The Bertz CT molecular complexity index is 888. The van der Waals surface area contributed by atoms with Crippen LogP contribution in [0.1, 0.15) is 16.7 Å². The molecule has 0 saturated heterocycles. The minimum Gasteiger partial charge on any atom is -0.389 e. The van der Waals surface area contributed by atoms with Crippen molar-refractivity contribution in [1.29, 1.82) is 5.26 Å². The van der Waals surface area contributed by atoms with Crippen LogP contribution in [0.4, 0.5) is 23.4 Å². The zero-order valence-corrected chi connectivity index (χ0v) is 13.8. The van der Waals surface area contributed by atoms with Gasteiger partial charge in [0.25, 0.3) is 0 Å². The number of anilines is 4. The lowest BCUT2D eigenvalue weighted by Crippen LogP contribution is -1.97. The van der Waals surface area contributed by atoms with Crippen molar-refractivity contribution < 1.29 is 4.42 Å². The minimum absolute atomic E-state index is 0.266. The molecule has 0 spiro atoms. The third kappa shape index (κ3) is 3.47. The summed E-state index contributed by atoms with van der Waals surface area (Å²) < 4.78 is 5.55. The van der Waals surface area contributed by atoms with Crippen LogP contribution in [0.15, 0.2) is 40.8 Å². The maximum Gasteiger partial charge on any atom is 0.321 e. The van der Waals surface area contributed by atoms with E-state index in [1.807, 2.05) is 26.0 Å². The smallest absolute Gasteiger partial charge is 0.321 e. The molecule has 0 aliphatic heterocycles. The number of halogens is 1. The van der Waals surface area contributed by atoms with E-state index in [4.69, 9.17) is 21.3 Å². The number of aryl methyl sites for hydroxylation is 2. The largest absolute Gasteiger partial charge is 0.389 e. The van der Waals surface area contributed by atoms with Gasteiger partial charge in [-0.3, -0.25) is 0 Å². The number of benzene rings is 2. The summed E-state index contributed by atoms with van der Waals surface area (Å²) in [4.78, 5) is 0. The van der Waals surface area contributed by atoms with E-state index in [-0.39, 0.29) is 12.0 Å². The molecule has 0 aliphatic rings. The molecule has 120 valence electrons. The van der Waals surface area contributed by atoms with Crippen molar-refractivity contribution in [2.45, 2.75) is 13.8 Å². The maximum atomic E-state index is 9.00. The van der Waals surface area contributed by atoms with Crippen LogP contribution in [0, 0.1) is 25.2 Å². The summed E-state index contributed by atoms with van der Waals surface area (Å²) in [5.41, 5.74) is 4.11. The molecule has 2 aromatic carbocycles. The summed E-state index contributed by atoms with van der Waals surface area (Å²) >= 11 is 5.85. The normalized spacial score (nSPS) is 10.2. The molecule has 0 atom stereocenters. The van der Waals surface area contributed by atoms with Gasteiger partial charge in [-0.05, 0) is 61.4 Å². The van der Waals surface area contributed by atoms with Gasteiger partial charge >= 0.3 is 12.0 Å². The lowest BCUT2D eigenvalue weighted by molar-refractivity contribution is 0.590. The van der Waals surface area contributed by atoms with Crippen LogP contribution in [0.5, 0.6) is 0 Å². The fraction of sp³-hybridized carbons (Fsp3) is 0.118. The van der Waals surface area contributed by atoms with Gasteiger partial charge in [-0.2, -0.15) is 5.26 Å². The topological polar surface area (TPSA) is 86.8 Å². The van der Waals surface area contributed by atoms with E-state index in [1.54, 1.807) is 24.3 Å². The quantitative estimate of drug-likeness (QED) is 0.716. The molecule has 0 unspecified atom stereocenters. The third-order valence-corrected chi connectivity index (χ3v) is 3.67. The number of nitrogens with zero attached hydrogens (tertiary/aromatic N) is 3. The van der Waals surface area contributed by atoms with E-state index < -0.39 is 0 Å². The first kappa shape index (κ1) is 15.8. The molecule has 0 bridgehead atoms. The first-order chi connectivity index (χ1) is 11.5. The standard InChI is InChI=1S/C17H14ClN5O/c1-10-7-12(9-19)8-11(2)15(10)21-17-23-22-16(24-17)20-14-5-3-13(18)4-6-14/h3-8H,1-2H3,(H,20,22)(H,21,23). The lowest BCUT2D eigenvalue weighted by Gasteiger charge is -2.09. The van der Waals surface area contributed by atoms with Crippen molar-refractivity contribution in [1.82, 2.24) is 10.2 Å². The summed E-state index contributed by atoms with van der Waals surface area (Å²) in [7, 11) is 0. The Kier molecular flexibility index (Phi) is 4.36. The van der Waals surface area contributed by atoms with E-state index in [2.05, 4.69) is 26.9 Å². The molecule has 0 aliphatic carbocycles. The average Bonchev–Trinajstić information content (AvgIpc) is 3.00. The van der Waals surface area contributed by atoms with Crippen molar-refractivity contribution in [3.8, 4) is 6.07 Å². The van der Waals surface area contributed by atoms with E-state index in [1.165, 1.54) is 0 Å². The van der Waals surface area contributed by atoms with Crippen LogP contribution in [0.25, 0.3) is 0 Å². The molecule has 2 N–H and O–H groups in total. The fourth-order valence-corrected chi connectivity index (χ4v) is 2.44. The SMILES string of the molecule is Cc1cc(C#N)cc(C)c1Nc1nnc(Nc2ccc(Cl)cc2)o1. The number of hydrogen-bond acceptors (Lipinski definition) is 6. The molecule has 0 saturated carbocycles. The molecule has 6 nitrogen and oxygen atoms in total. The molecular formula is C17H14ClN5O. The van der Waals surface area contributed by atoms with E-state index in [9.17, 15) is 0 Å². The molecular weight excluding hydrogens is 326 g/mol. The zero-order chi connectivity index (χ0) is 17.1. The molecule has 24 heavy (non-hydrogen) atoms. The zero-order valence-electron chi connectivity index (χ0n) is 13.1. The van der Waals surface area contributed by atoms with Crippen molar-refractivity contribution >= 4 is 35.0 Å². The monoisotopic (exact) mass is 339 g/mol. The van der Waals surface area contributed by atoms with E-state index in [0.29, 0.717) is 10.6 Å². The Morgan fingerprint density at radius 3 is 2.17 bits per heavy atom. The number of nitriles is 1. The van der Waals surface area contributed by atoms with Crippen LogP contribution < -0.4 is 10.6 Å². The van der Waals surface area contributed by atoms with Gasteiger partial charge in [0, 0.05) is 16.4 Å². The Labute approximate surface area is 144 Å². The molecule has 1 heterocycles. The van der Waals surface area contributed by atoms with E-state index in [0.717, 1.165) is 22.5 Å². The van der Waals surface area contributed by atoms with Crippen molar-refractivity contribution in [2.24, 2.45) is 0 Å². The molecule has 7 heteroatoms. The summed E-state index contributed by atoms with van der Waals surface area (Å²) in [5, 5.41) is 23.7. The molecule has 3 rings (SSSR count). The highest BCUT2D eigenvalue weighted by molar-refractivity contribution is 6.30. The highest BCUT2D eigenvalue weighted by Crippen LogP contribution is 2.26. The highest BCUT2D eigenvalue weighted by atomic mass is 35.5.